The van der Waals surface area contributed by atoms with E-state index in [9.17, 15) is 0 Å². The van der Waals surface area contributed by atoms with Crippen LogP contribution < -0.4 is 5.32 Å². The normalized spacial score (nSPS) is 12.9. The molecule has 0 spiro atoms. The summed E-state index contributed by atoms with van der Waals surface area (Å²) in [5.41, 5.74) is 2.06. The number of rotatable bonds is 4. The summed E-state index contributed by atoms with van der Waals surface area (Å²) < 4.78 is 0. The summed E-state index contributed by atoms with van der Waals surface area (Å²) in [5.74, 6) is 0. The first kappa shape index (κ1) is 11.2. The van der Waals surface area contributed by atoms with Crippen LogP contribution in [0.5, 0.6) is 0 Å². The molecule has 6 heteroatoms. The Hall–Kier alpha value is -1.27. The van der Waals surface area contributed by atoms with Gasteiger partial charge in [-0.25, -0.2) is 0 Å². The van der Waals surface area contributed by atoms with E-state index < -0.39 is 0 Å². The van der Waals surface area contributed by atoms with Crippen molar-refractivity contribution in [3.05, 3.63) is 16.9 Å². The average Bonchev–Trinajstić information content (AvgIpc) is 2.86. The van der Waals surface area contributed by atoms with E-state index in [1.54, 1.807) is 17.5 Å². The Bertz CT molecular complexity index is 461. The SMILES string of the molecule is CCNC(C)c1nnc(-c2cn[nH]c2C)s1. The summed E-state index contributed by atoms with van der Waals surface area (Å²) in [4.78, 5) is 0. The number of aromatic nitrogens is 4. The average molecular weight is 237 g/mol. The van der Waals surface area contributed by atoms with E-state index in [4.69, 9.17) is 0 Å². The van der Waals surface area contributed by atoms with Crippen LogP contribution in [0.15, 0.2) is 6.20 Å². The highest BCUT2D eigenvalue weighted by molar-refractivity contribution is 7.14. The molecule has 0 amide bonds. The standard InChI is InChI=1S/C10H15N5S/c1-4-11-7(3)9-14-15-10(16-9)8-5-12-13-6(8)2/h5,7,11H,4H2,1-3H3,(H,12,13). The van der Waals surface area contributed by atoms with E-state index in [0.717, 1.165) is 27.8 Å². The van der Waals surface area contributed by atoms with Gasteiger partial charge in [-0.05, 0) is 20.4 Å². The fourth-order valence-electron chi connectivity index (χ4n) is 1.48. The highest BCUT2D eigenvalue weighted by Gasteiger charge is 2.14. The molecule has 0 radical (unpaired) electrons. The van der Waals surface area contributed by atoms with Gasteiger partial charge in [0.25, 0.3) is 0 Å². The minimum atomic E-state index is 0.253. The lowest BCUT2D eigenvalue weighted by Gasteiger charge is -2.06. The maximum Gasteiger partial charge on any atom is 0.151 e. The van der Waals surface area contributed by atoms with Crippen molar-refractivity contribution in [3.8, 4) is 10.6 Å². The summed E-state index contributed by atoms with van der Waals surface area (Å²) >= 11 is 1.61. The van der Waals surface area contributed by atoms with Gasteiger partial charge in [0.05, 0.1) is 17.8 Å². The lowest BCUT2D eigenvalue weighted by Crippen LogP contribution is -2.17. The molecule has 0 aromatic carbocycles. The fraction of sp³-hybridized carbons (Fsp3) is 0.500. The third kappa shape index (κ3) is 2.12. The maximum atomic E-state index is 4.20. The number of aromatic amines is 1. The highest BCUT2D eigenvalue weighted by Crippen LogP contribution is 2.27. The smallest absolute Gasteiger partial charge is 0.151 e. The van der Waals surface area contributed by atoms with Crippen molar-refractivity contribution >= 4 is 11.3 Å². The molecule has 16 heavy (non-hydrogen) atoms. The molecule has 1 unspecified atom stereocenters. The van der Waals surface area contributed by atoms with Crippen molar-refractivity contribution < 1.29 is 0 Å². The molecule has 0 saturated carbocycles. The van der Waals surface area contributed by atoms with Gasteiger partial charge < -0.3 is 5.32 Å². The molecule has 0 aliphatic heterocycles. The van der Waals surface area contributed by atoms with Crippen LogP contribution in [0.4, 0.5) is 0 Å². The first-order valence-electron chi connectivity index (χ1n) is 5.29. The Balaban J connectivity index is 2.23. The Morgan fingerprint density at radius 1 is 1.50 bits per heavy atom. The molecular formula is C10H15N5S. The van der Waals surface area contributed by atoms with Crippen LogP contribution in [-0.4, -0.2) is 26.9 Å². The van der Waals surface area contributed by atoms with Gasteiger partial charge in [-0.1, -0.05) is 18.3 Å². The second-order valence-corrected chi connectivity index (χ2v) is 4.64. The molecule has 2 N–H and O–H groups in total. The highest BCUT2D eigenvalue weighted by atomic mass is 32.1. The second-order valence-electron chi connectivity index (χ2n) is 3.63. The predicted octanol–water partition coefficient (Wildman–Crippen LogP) is 1.91. The topological polar surface area (TPSA) is 66.5 Å². The number of nitrogens with one attached hydrogen (secondary N) is 2. The van der Waals surface area contributed by atoms with E-state index in [0.29, 0.717) is 0 Å². The molecule has 2 aromatic heterocycles. The molecule has 0 aliphatic carbocycles. The zero-order chi connectivity index (χ0) is 11.5. The minimum absolute atomic E-state index is 0.253. The van der Waals surface area contributed by atoms with Crippen LogP contribution in [-0.2, 0) is 0 Å². The van der Waals surface area contributed by atoms with Crippen LogP contribution in [0.2, 0.25) is 0 Å². The maximum absolute atomic E-state index is 4.20. The van der Waals surface area contributed by atoms with Gasteiger partial charge in [-0.2, -0.15) is 5.10 Å². The van der Waals surface area contributed by atoms with E-state index in [1.165, 1.54) is 0 Å². The summed E-state index contributed by atoms with van der Waals surface area (Å²) in [7, 11) is 0. The van der Waals surface area contributed by atoms with Crippen molar-refractivity contribution in [3.63, 3.8) is 0 Å². The molecule has 0 saturated heterocycles. The molecule has 86 valence electrons. The summed E-state index contributed by atoms with van der Waals surface area (Å²) in [6.07, 6.45) is 1.79. The molecule has 2 heterocycles. The van der Waals surface area contributed by atoms with Crippen molar-refractivity contribution in [1.29, 1.82) is 0 Å². The zero-order valence-electron chi connectivity index (χ0n) is 9.61. The summed E-state index contributed by atoms with van der Waals surface area (Å²) in [5, 5.41) is 20.5. The number of hydrogen-bond donors (Lipinski definition) is 2. The molecule has 0 aliphatic rings. The monoisotopic (exact) mass is 237 g/mol. The number of nitrogens with zero attached hydrogens (tertiary/aromatic N) is 3. The van der Waals surface area contributed by atoms with Crippen LogP contribution in [0.1, 0.15) is 30.6 Å². The van der Waals surface area contributed by atoms with Crippen molar-refractivity contribution in [2.45, 2.75) is 26.8 Å². The Morgan fingerprint density at radius 3 is 2.94 bits per heavy atom. The van der Waals surface area contributed by atoms with Crippen molar-refractivity contribution in [2.75, 3.05) is 6.54 Å². The Labute approximate surface area is 98.3 Å². The largest absolute Gasteiger partial charge is 0.308 e. The minimum Gasteiger partial charge on any atom is -0.308 e. The lowest BCUT2D eigenvalue weighted by atomic mass is 10.3. The van der Waals surface area contributed by atoms with Gasteiger partial charge in [0.15, 0.2) is 5.01 Å². The van der Waals surface area contributed by atoms with E-state index in [1.807, 2.05) is 6.92 Å². The number of aryl methyl sites for hydroxylation is 1. The quantitative estimate of drug-likeness (QED) is 0.852. The van der Waals surface area contributed by atoms with Crippen LogP contribution in [0.3, 0.4) is 0 Å². The summed E-state index contributed by atoms with van der Waals surface area (Å²) in [6, 6.07) is 0.253. The molecule has 2 aromatic rings. The Kier molecular flexibility index (Phi) is 3.31. The third-order valence-corrected chi connectivity index (χ3v) is 3.52. The second kappa shape index (κ2) is 4.71. The van der Waals surface area contributed by atoms with Gasteiger partial charge in [0, 0.05) is 5.69 Å². The van der Waals surface area contributed by atoms with Crippen LogP contribution >= 0.6 is 11.3 Å². The summed E-state index contributed by atoms with van der Waals surface area (Å²) in [6.45, 7) is 7.09. The van der Waals surface area contributed by atoms with E-state index >= 15 is 0 Å². The van der Waals surface area contributed by atoms with Gasteiger partial charge >= 0.3 is 0 Å². The zero-order valence-corrected chi connectivity index (χ0v) is 10.4. The lowest BCUT2D eigenvalue weighted by molar-refractivity contribution is 0.590. The van der Waals surface area contributed by atoms with Crippen LogP contribution in [0, 0.1) is 6.92 Å². The first-order valence-corrected chi connectivity index (χ1v) is 6.11. The van der Waals surface area contributed by atoms with Gasteiger partial charge in [0.1, 0.15) is 5.01 Å². The Morgan fingerprint density at radius 2 is 2.31 bits per heavy atom. The van der Waals surface area contributed by atoms with Gasteiger partial charge in [-0.3, -0.25) is 5.10 Å². The van der Waals surface area contributed by atoms with Crippen molar-refractivity contribution in [1.82, 2.24) is 25.7 Å². The van der Waals surface area contributed by atoms with E-state index in [2.05, 4.69) is 39.6 Å². The van der Waals surface area contributed by atoms with Gasteiger partial charge in [-0.15, -0.1) is 10.2 Å². The van der Waals surface area contributed by atoms with Crippen LogP contribution in [0.25, 0.3) is 10.6 Å². The van der Waals surface area contributed by atoms with Gasteiger partial charge in [0.2, 0.25) is 0 Å². The molecule has 0 bridgehead atoms. The molecule has 1 atom stereocenters. The molecule has 5 nitrogen and oxygen atoms in total. The predicted molar refractivity (Wildman–Crippen MR) is 64.3 cm³/mol. The molecule has 2 rings (SSSR count). The number of H-pyrrole nitrogens is 1. The number of hydrogen-bond acceptors (Lipinski definition) is 5. The third-order valence-electron chi connectivity index (χ3n) is 2.38. The van der Waals surface area contributed by atoms with E-state index in [-0.39, 0.29) is 6.04 Å². The van der Waals surface area contributed by atoms with Crippen molar-refractivity contribution in [2.24, 2.45) is 0 Å². The first-order chi connectivity index (χ1) is 7.72. The molecule has 0 fully saturated rings. The fourth-order valence-corrected chi connectivity index (χ4v) is 2.42. The molecular weight excluding hydrogens is 222 g/mol.